The molecule has 0 amide bonds. The Morgan fingerprint density at radius 1 is 1.60 bits per heavy atom. The van der Waals surface area contributed by atoms with E-state index < -0.39 is 0 Å². The number of thioether (sulfide) groups is 1. The first-order valence-electron chi connectivity index (χ1n) is 2.79. The van der Waals surface area contributed by atoms with Crippen molar-refractivity contribution >= 4 is 39.0 Å². The Kier molecular flexibility index (Phi) is 3.65. The Hall–Kier alpha value is 0.390. The molecule has 0 aromatic carbocycles. The standard InChI is InChI=1S/C5H7BrN2S2/c1-9-3-2-4-7-8-5(6)10-4/h2-3H2,1H3. The van der Waals surface area contributed by atoms with E-state index in [-0.39, 0.29) is 0 Å². The highest BCUT2D eigenvalue weighted by Gasteiger charge is 1.98. The van der Waals surface area contributed by atoms with Gasteiger partial charge in [-0.1, -0.05) is 11.3 Å². The Labute approximate surface area is 76.6 Å². The molecule has 2 nitrogen and oxygen atoms in total. The van der Waals surface area contributed by atoms with Crippen LogP contribution in [0.5, 0.6) is 0 Å². The smallest absolute Gasteiger partial charge is 0.165 e. The van der Waals surface area contributed by atoms with Gasteiger partial charge in [-0.25, -0.2) is 0 Å². The molecule has 1 aromatic rings. The molecular formula is C5H7BrN2S2. The van der Waals surface area contributed by atoms with Gasteiger partial charge in [-0.15, -0.1) is 10.2 Å². The molecule has 0 N–H and O–H groups in total. The zero-order chi connectivity index (χ0) is 7.40. The zero-order valence-corrected chi connectivity index (χ0v) is 8.72. The fourth-order valence-corrected chi connectivity index (χ4v) is 2.25. The van der Waals surface area contributed by atoms with Crippen LogP contribution in [0.3, 0.4) is 0 Å². The Balaban J connectivity index is 2.42. The lowest BCUT2D eigenvalue weighted by molar-refractivity contribution is 0.980. The summed E-state index contributed by atoms with van der Waals surface area (Å²) < 4.78 is 0.878. The fraction of sp³-hybridized carbons (Fsp3) is 0.600. The van der Waals surface area contributed by atoms with Crippen LogP contribution in [0.1, 0.15) is 5.01 Å². The van der Waals surface area contributed by atoms with Gasteiger partial charge in [0, 0.05) is 6.42 Å². The highest BCUT2D eigenvalue weighted by atomic mass is 79.9. The van der Waals surface area contributed by atoms with Gasteiger partial charge in [0.1, 0.15) is 5.01 Å². The molecule has 0 aliphatic rings. The number of hydrogen-bond donors (Lipinski definition) is 0. The van der Waals surface area contributed by atoms with Crippen LogP contribution in [-0.2, 0) is 6.42 Å². The molecule has 0 unspecified atom stereocenters. The van der Waals surface area contributed by atoms with Gasteiger partial charge in [0.05, 0.1) is 0 Å². The average Bonchev–Trinajstić information content (AvgIpc) is 2.31. The maximum absolute atomic E-state index is 3.96. The third kappa shape index (κ3) is 2.56. The summed E-state index contributed by atoms with van der Waals surface area (Å²) in [5.41, 5.74) is 0. The van der Waals surface area contributed by atoms with E-state index in [1.165, 1.54) is 0 Å². The molecular weight excluding hydrogens is 232 g/mol. The minimum absolute atomic E-state index is 0.878. The molecule has 0 aliphatic heterocycles. The van der Waals surface area contributed by atoms with Crippen LogP contribution in [-0.4, -0.2) is 22.2 Å². The van der Waals surface area contributed by atoms with Gasteiger partial charge in [0.15, 0.2) is 3.92 Å². The van der Waals surface area contributed by atoms with Crippen molar-refractivity contribution in [3.05, 3.63) is 8.92 Å². The van der Waals surface area contributed by atoms with Crippen molar-refractivity contribution in [2.75, 3.05) is 12.0 Å². The van der Waals surface area contributed by atoms with Crippen molar-refractivity contribution < 1.29 is 0 Å². The van der Waals surface area contributed by atoms with Crippen LogP contribution in [0.2, 0.25) is 0 Å². The van der Waals surface area contributed by atoms with E-state index >= 15 is 0 Å². The maximum atomic E-state index is 3.96. The predicted octanol–water partition coefficient (Wildman–Crippen LogP) is 2.21. The second-order valence-electron chi connectivity index (χ2n) is 1.69. The van der Waals surface area contributed by atoms with Crippen LogP contribution >= 0.6 is 39.0 Å². The van der Waals surface area contributed by atoms with Crippen LogP contribution in [0.15, 0.2) is 3.92 Å². The zero-order valence-electron chi connectivity index (χ0n) is 5.50. The molecule has 1 aromatic heterocycles. The largest absolute Gasteiger partial charge is 0.183 e. The van der Waals surface area contributed by atoms with E-state index in [1.807, 2.05) is 11.8 Å². The highest BCUT2D eigenvalue weighted by molar-refractivity contribution is 9.11. The van der Waals surface area contributed by atoms with E-state index in [9.17, 15) is 0 Å². The second kappa shape index (κ2) is 4.31. The molecule has 0 aliphatic carbocycles. The summed E-state index contributed by atoms with van der Waals surface area (Å²) in [4.78, 5) is 0. The molecule has 5 heteroatoms. The van der Waals surface area contributed by atoms with Crippen LogP contribution in [0.4, 0.5) is 0 Å². The van der Waals surface area contributed by atoms with E-state index in [2.05, 4.69) is 32.4 Å². The number of rotatable bonds is 3. The lowest BCUT2D eigenvalue weighted by Gasteiger charge is -1.88. The van der Waals surface area contributed by atoms with E-state index in [4.69, 9.17) is 0 Å². The summed E-state index contributed by atoms with van der Waals surface area (Å²) in [6.45, 7) is 0. The van der Waals surface area contributed by atoms with Gasteiger partial charge in [-0.2, -0.15) is 11.8 Å². The summed E-state index contributed by atoms with van der Waals surface area (Å²) in [7, 11) is 0. The molecule has 56 valence electrons. The molecule has 0 saturated carbocycles. The molecule has 0 fully saturated rings. The summed E-state index contributed by atoms with van der Waals surface area (Å²) in [6.07, 6.45) is 3.13. The Morgan fingerprint density at radius 2 is 2.40 bits per heavy atom. The summed E-state index contributed by atoms with van der Waals surface area (Å²) in [6, 6.07) is 0. The van der Waals surface area contributed by atoms with Crippen LogP contribution in [0.25, 0.3) is 0 Å². The van der Waals surface area contributed by atoms with Gasteiger partial charge >= 0.3 is 0 Å². The van der Waals surface area contributed by atoms with Crippen LogP contribution in [0, 0.1) is 0 Å². The van der Waals surface area contributed by atoms with Crippen molar-refractivity contribution in [2.45, 2.75) is 6.42 Å². The second-order valence-corrected chi connectivity index (χ2v) is 5.02. The molecule has 1 rings (SSSR count). The Morgan fingerprint density at radius 3 is 2.90 bits per heavy atom. The van der Waals surface area contributed by atoms with Crippen molar-refractivity contribution in [1.29, 1.82) is 0 Å². The molecule has 0 radical (unpaired) electrons. The van der Waals surface area contributed by atoms with E-state index in [0.29, 0.717) is 0 Å². The summed E-state index contributed by atoms with van der Waals surface area (Å²) >= 11 is 6.70. The monoisotopic (exact) mass is 238 g/mol. The number of halogens is 1. The molecule has 0 saturated heterocycles. The SMILES string of the molecule is CSCCc1nnc(Br)s1. The topological polar surface area (TPSA) is 25.8 Å². The lowest BCUT2D eigenvalue weighted by atomic mass is 10.5. The van der Waals surface area contributed by atoms with Gasteiger partial charge in [0.2, 0.25) is 0 Å². The molecule has 1 heterocycles. The molecule has 0 atom stereocenters. The Bertz CT molecular complexity index is 201. The van der Waals surface area contributed by atoms with Gasteiger partial charge < -0.3 is 0 Å². The lowest BCUT2D eigenvalue weighted by Crippen LogP contribution is -1.85. The summed E-state index contributed by atoms with van der Waals surface area (Å²) in [5, 5.41) is 8.92. The average molecular weight is 239 g/mol. The third-order valence-electron chi connectivity index (χ3n) is 0.962. The van der Waals surface area contributed by atoms with Crippen molar-refractivity contribution in [1.82, 2.24) is 10.2 Å². The minimum atomic E-state index is 0.878. The number of nitrogens with zero attached hydrogens (tertiary/aromatic N) is 2. The quantitative estimate of drug-likeness (QED) is 0.808. The van der Waals surface area contributed by atoms with Crippen molar-refractivity contribution in [3.8, 4) is 0 Å². The van der Waals surface area contributed by atoms with Crippen LogP contribution < -0.4 is 0 Å². The van der Waals surface area contributed by atoms with Gasteiger partial charge in [-0.3, -0.25) is 0 Å². The molecule has 10 heavy (non-hydrogen) atoms. The first-order chi connectivity index (χ1) is 4.83. The number of aromatic nitrogens is 2. The van der Waals surface area contributed by atoms with E-state index in [1.54, 1.807) is 11.3 Å². The minimum Gasteiger partial charge on any atom is -0.165 e. The number of aryl methyl sites for hydroxylation is 1. The summed E-state index contributed by atoms with van der Waals surface area (Å²) in [5.74, 6) is 1.13. The van der Waals surface area contributed by atoms with E-state index in [0.717, 1.165) is 21.1 Å². The molecule has 0 bridgehead atoms. The normalized spacial score (nSPS) is 10.2. The highest BCUT2D eigenvalue weighted by Crippen LogP contribution is 2.16. The number of hydrogen-bond acceptors (Lipinski definition) is 4. The first kappa shape index (κ1) is 8.49. The van der Waals surface area contributed by atoms with Crippen molar-refractivity contribution in [2.24, 2.45) is 0 Å². The first-order valence-corrected chi connectivity index (χ1v) is 5.80. The molecule has 0 spiro atoms. The fourth-order valence-electron chi connectivity index (χ4n) is 0.524. The predicted molar refractivity (Wildman–Crippen MR) is 49.7 cm³/mol. The van der Waals surface area contributed by atoms with Crippen molar-refractivity contribution in [3.63, 3.8) is 0 Å². The van der Waals surface area contributed by atoms with Gasteiger partial charge in [0.25, 0.3) is 0 Å². The van der Waals surface area contributed by atoms with Gasteiger partial charge in [-0.05, 0) is 27.9 Å². The maximum Gasteiger partial charge on any atom is 0.183 e. The third-order valence-corrected chi connectivity index (χ3v) is 2.99.